The average Bonchev–Trinajstić information content (AvgIpc) is 3.49. The maximum atomic E-state index is 14.8. The molecule has 0 unspecified atom stereocenters. The number of rotatable bonds is 9. The molecule has 11 nitrogen and oxygen atoms in total. The Balaban J connectivity index is 1.23. The Hall–Kier alpha value is -5.08. The van der Waals surface area contributed by atoms with E-state index >= 15 is 0 Å². The van der Waals surface area contributed by atoms with Gasteiger partial charge in [0, 0.05) is 37.3 Å². The minimum Gasteiger partial charge on any atom is -0.366 e. The molecule has 1 saturated carbocycles. The van der Waals surface area contributed by atoms with Crippen LogP contribution in [-0.2, 0) is 28.5 Å². The second-order valence-corrected chi connectivity index (χ2v) is 9.52. The predicted octanol–water partition coefficient (Wildman–Crippen LogP) is 4.02. The van der Waals surface area contributed by atoms with E-state index in [0.29, 0.717) is 16.8 Å². The Morgan fingerprint density at radius 2 is 1.88 bits per heavy atom. The molecule has 1 aromatic carbocycles. The smallest absolute Gasteiger partial charge is 0.366 e. The van der Waals surface area contributed by atoms with Gasteiger partial charge in [-0.3, -0.25) is 14.3 Å². The van der Waals surface area contributed by atoms with Gasteiger partial charge in [-0.15, -0.1) is 0 Å². The minimum atomic E-state index is -4.48. The van der Waals surface area contributed by atoms with E-state index in [2.05, 4.69) is 37.4 Å². The fourth-order valence-corrected chi connectivity index (χ4v) is 4.17. The number of amides is 2. The highest BCUT2D eigenvalue weighted by molar-refractivity contribution is 6.18. The standard InChI is InChI=1S/C26H22F4N8O3/c1-13(23(31)40)22-18(12-38(2)36-22)34-24-32-10-16(11-33-24)14-3-4-15(17(27)7-14)8-21(39)35-20-9-19(41-37-20)25(5-6-25)26(28,29)30/h3-4,7,9-12H,1,5-6,8H2,2H3,(H2,31,40)(H,32,33,34)(H,35,37,39). The van der Waals surface area contributed by atoms with Crippen LogP contribution in [0, 0.1) is 5.82 Å². The number of primary amides is 1. The van der Waals surface area contributed by atoms with Crippen LogP contribution in [0.2, 0.25) is 0 Å². The SMILES string of the molecule is C=C(C(N)=O)c1nn(C)cc1Nc1ncc(-c2ccc(CC(=O)Nc3cc(C4(C(F)(F)F)CC4)on3)c(F)c2)cn1. The van der Waals surface area contributed by atoms with Gasteiger partial charge in [0.2, 0.25) is 17.8 Å². The van der Waals surface area contributed by atoms with Crippen LogP contribution in [0.15, 0.2) is 54.0 Å². The summed E-state index contributed by atoms with van der Waals surface area (Å²) in [5, 5.41) is 12.9. The highest BCUT2D eigenvalue weighted by Crippen LogP contribution is 2.59. The summed E-state index contributed by atoms with van der Waals surface area (Å²) in [7, 11) is 1.65. The summed E-state index contributed by atoms with van der Waals surface area (Å²) in [6.07, 6.45) is -0.596. The van der Waals surface area contributed by atoms with E-state index < -0.39 is 29.2 Å². The molecule has 0 spiro atoms. The molecule has 0 bridgehead atoms. The molecule has 0 saturated heterocycles. The summed E-state index contributed by atoms with van der Waals surface area (Å²) >= 11 is 0. The molecule has 1 aliphatic carbocycles. The molecule has 15 heteroatoms. The lowest BCUT2D eigenvalue weighted by Gasteiger charge is -2.14. The first-order valence-electron chi connectivity index (χ1n) is 12.1. The number of hydrogen-bond acceptors (Lipinski definition) is 8. The molecule has 5 rings (SSSR count). The van der Waals surface area contributed by atoms with Crippen molar-refractivity contribution in [3.05, 3.63) is 72.3 Å². The van der Waals surface area contributed by atoms with Crippen molar-refractivity contribution in [2.45, 2.75) is 30.9 Å². The van der Waals surface area contributed by atoms with Gasteiger partial charge >= 0.3 is 6.18 Å². The van der Waals surface area contributed by atoms with Gasteiger partial charge in [-0.25, -0.2) is 14.4 Å². The molecule has 4 aromatic rings. The molecule has 41 heavy (non-hydrogen) atoms. The lowest BCUT2D eigenvalue weighted by atomic mass is 10.0. The number of carbonyl (C=O) groups excluding carboxylic acids is 2. The Morgan fingerprint density at radius 3 is 2.49 bits per heavy atom. The fourth-order valence-electron chi connectivity index (χ4n) is 4.17. The quantitative estimate of drug-likeness (QED) is 0.201. The van der Waals surface area contributed by atoms with E-state index in [-0.39, 0.29) is 53.6 Å². The summed E-state index contributed by atoms with van der Waals surface area (Å²) in [4.78, 5) is 32.3. The zero-order valence-electron chi connectivity index (χ0n) is 21.4. The zero-order valence-corrected chi connectivity index (χ0v) is 21.4. The number of nitrogens with zero attached hydrogens (tertiary/aromatic N) is 5. The van der Waals surface area contributed by atoms with Gasteiger partial charge in [-0.1, -0.05) is 23.9 Å². The fraction of sp³-hybridized carbons (Fsp3) is 0.231. The Morgan fingerprint density at radius 1 is 1.17 bits per heavy atom. The second kappa shape index (κ2) is 10.1. The third-order valence-electron chi connectivity index (χ3n) is 6.59. The summed E-state index contributed by atoms with van der Waals surface area (Å²) in [5.41, 5.74) is 4.86. The van der Waals surface area contributed by atoms with Crippen LogP contribution in [0.25, 0.3) is 16.7 Å². The average molecular weight is 571 g/mol. The Labute approximate surface area is 229 Å². The molecule has 3 aromatic heterocycles. The first kappa shape index (κ1) is 27.5. The summed E-state index contributed by atoms with van der Waals surface area (Å²) in [5.74, 6) is -2.46. The molecule has 1 fully saturated rings. The third kappa shape index (κ3) is 5.50. The van der Waals surface area contributed by atoms with Crippen molar-refractivity contribution >= 4 is 34.8 Å². The molecule has 3 heterocycles. The van der Waals surface area contributed by atoms with Gasteiger partial charge in [0.25, 0.3) is 0 Å². The number of aromatic nitrogens is 5. The lowest BCUT2D eigenvalue weighted by Crippen LogP contribution is -2.28. The molecule has 2 amide bonds. The van der Waals surface area contributed by atoms with Crippen molar-refractivity contribution in [1.29, 1.82) is 0 Å². The van der Waals surface area contributed by atoms with Crippen LogP contribution in [0.4, 0.5) is 35.0 Å². The van der Waals surface area contributed by atoms with Gasteiger partial charge < -0.3 is 20.9 Å². The Bertz CT molecular complexity index is 1660. The van der Waals surface area contributed by atoms with E-state index in [1.165, 1.54) is 29.2 Å². The number of carbonyl (C=O) groups is 2. The number of anilines is 3. The molecule has 0 radical (unpaired) electrons. The lowest BCUT2D eigenvalue weighted by molar-refractivity contribution is -0.165. The van der Waals surface area contributed by atoms with E-state index in [0.717, 1.165) is 6.07 Å². The van der Waals surface area contributed by atoms with Crippen LogP contribution in [0.3, 0.4) is 0 Å². The van der Waals surface area contributed by atoms with Crippen molar-refractivity contribution in [2.75, 3.05) is 10.6 Å². The van der Waals surface area contributed by atoms with Crippen LogP contribution in [0.5, 0.6) is 0 Å². The monoisotopic (exact) mass is 570 g/mol. The first-order chi connectivity index (χ1) is 19.4. The van der Waals surface area contributed by atoms with Crippen molar-refractivity contribution in [1.82, 2.24) is 24.9 Å². The Kier molecular flexibility index (Phi) is 6.80. The van der Waals surface area contributed by atoms with Crippen molar-refractivity contribution < 1.29 is 31.7 Å². The highest BCUT2D eigenvalue weighted by atomic mass is 19.4. The van der Waals surface area contributed by atoms with E-state index in [1.807, 2.05) is 0 Å². The van der Waals surface area contributed by atoms with E-state index in [1.54, 1.807) is 19.3 Å². The third-order valence-corrected chi connectivity index (χ3v) is 6.59. The van der Waals surface area contributed by atoms with Gasteiger partial charge in [0.05, 0.1) is 17.7 Å². The number of nitrogens with two attached hydrogens (primary N) is 1. The van der Waals surface area contributed by atoms with Crippen molar-refractivity contribution in [3.8, 4) is 11.1 Å². The molecule has 212 valence electrons. The number of alkyl halides is 3. The van der Waals surface area contributed by atoms with Gasteiger partial charge in [0.1, 0.15) is 16.9 Å². The highest BCUT2D eigenvalue weighted by Gasteiger charge is 2.66. The van der Waals surface area contributed by atoms with Crippen molar-refractivity contribution in [2.24, 2.45) is 12.8 Å². The van der Waals surface area contributed by atoms with Gasteiger partial charge in [-0.2, -0.15) is 18.3 Å². The van der Waals surface area contributed by atoms with Crippen LogP contribution >= 0.6 is 0 Å². The van der Waals surface area contributed by atoms with E-state index in [4.69, 9.17) is 10.3 Å². The number of nitrogens with one attached hydrogen (secondary N) is 2. The maximum absolute atomic E-state index is 14.8. The second-order valence-electron chi connectivity index (χ2n) is 9.52. The van der Waals surface area contributed by atoms with Crippen LogP contribution < -0.4 is 16.4 Å². The van der Waals surface area contributed by atoms with Gasteiger partial charge in [0.15, 0.2) is 11.6 Å². The van der Waals surface area contributed by atoms with Crippen LogP contribution in [0.1, 0.15) is 29.9 Å². The van der Waals surface area contributed by atoms with E-state index in [9.17, 15) is 27.2 Å². The molecule has 1 aliphatic rings. The van der Waals surface area contributed by atoms with Crippen LogP contribution in [-0.4, -0.2) is 42.9 Å². The van der Waals surface area contributed by atoms with Crippen molar-refractivity contribution in [3.63, 3.8) is 0 Å². The number of hydrogen-bond donors (Lipinski definition) is 3. The number of halogens is 4. The van der Waals surface area contributed by atoms with Gasteiger partial charge in [-0.05, 0) is 30.0 Å². The normalized spacial score (nSPS) is 14.0. The first-order valence-corrected chi connectivity index (χ1v) is 12.1. The predicted molar refractivity (Wildman–Crippen MR) is 138 cm³/mol. The largest absolute Gasteiger partial charge is 0.401 e. The molecule has 0 atom stereocenters. The summed E-state index contributed by atoms with van der Waals surface area (Å²) in [6.45, 7) is 3.63. The molecular formula is C26H22F4N8O3. The summed E-state index contributed by atoms with van der Waals surface area (Å²) in [6, 6.07) is 5.23. The summed E-state index contributed by atoms with van der Waals surface area (Å²) < 4.78 is 60.9. The molecule has 4 N–H and O–H groups in total. The maximum Gasteiger partial charge on any atom is 0.401 e. The minimum absolute atomic E-state index is 0.00727. The molecule has 0 aliphatic heterocycles. The zero-order chi connectivity index (χ0) is 29.5. The number of benzene rings is 1. The number of aryl methyl sites for hydroxylation is 1. The molecular weight excluding hydrogens is 548 g/mol. The topological polar surface area (TPSA) is 154 Å².